The highest BCUT2D eigenvalue weighted by atomic mass is 35.5. The number of aryl methyl sites for hydroxylation is 1. The average molecular weight is 172 g/mol. The fourth-order valence-corrected chi connectivity index (χ4v) is 0.696. The van der Waals surface area contributed by atoms with E-state index < -0.39 is 5.43 Å². The lowest BCUT2D eigenvalue weighted by Crippen LogP contribution is -1.96. The number of nitrogens with zero attached hydrogens (tertiary/aromatic N) is 1. The zero-order valence-electron chi connectivity index (χ0n) is 5.87. The van der Waals surface area contributed by atoms with E-state index in [2.05, 4.69) is 9.72 Å². The minimum absolute atomic E-state index is 0.357. The van der Waals surface area contributed by atoms with Crippen molar-refractivity contribution in [1.29, 1.82) is 0 Å². The summed E-state index contributed by atoms with van der Waals surface area (Å²) in [6, 6.07) is 3.36. The van der Waals surface area contributed by atoms with Crippen LogP contribution >= 0.6 is 11.6 Å². The Labute approximate surface area is 69.0 Å². The van der Waals surface area contributed by atoms with Gasteiger partial charge in [-0.2, -0.15) is 0 Å². The summed E-state index contributed by atoms with van der Waals surface area (Å²) >= 11 is 4.96. The van der Waals surface area contributed by atoms with Gasteiger partial charge < -0.3 is 4.74 Å². The van der Waals surface area contributed by atoms with Gasteiger partial charge in [0, 0.05) is 17.3 Å². The third-order valence-corrected chi connectivity index (χ3v) is 1.16. The van der Waals surface area contributed by atoms with Gasteiger partial charge in [-0.3, -0.25) is 4.98 Å². The van der Waals surface area contributed by atoms with Crippen LogP contribution in [0.5, 0.6) is 5.75 Å². The maximum absolute atomic E-state index is 10.2. The zero-order valence-corrected chi connectivity index (χ0v) is 6.63. The number of rotatable bonds is 1. The molecule has 0 aliphatic rings. The number of aromatic nitrogens is 1. The van der Waals surface area contributed by atoms with Crippen LogP contribution in [-0.2, 0) is 0 Å². The fourth-order valence-electron chi connectivity index (χ4n) is 0.607. The molecule has 0 saturated carbocycles. The Morgan fingerprint density at radius 1 is 1.64 bits per heavy atom. The molecule has 0 bridgehead atoms. The first-order chi connectivity index (χ1) is 5.18. The predicted octanol–water partition coefficient (Wildman–Crippen LogP) is 2.13. The van der Waals surface area contributed by atoms with Crippen LogP contribution < -0.4 is 4.74 Å². The molecule has 0 aliphatic heterocycles. The number of carbonyl (C=O) groups is 1. The second-order valence-corrected chi connectivity index (χ2v) is 2.28. The van der Waals surface area contributed by atoms with E-state index in [1.807, 2.05) is 6.92 Å². The summed E-state index contributed by atoms with van der Waals surface area (Å²) in [5.41, 5.74) is 0.00928. The third-order valence-electron chi connectivity index (χ3n) is 1.08. The maximum atomic E-state index is 10.2. The molecule has 0 radical (unpaired) electrons. The molecule has 0 aromatic carbocycles. The molecule has 58 valence electrons. The molecule has 1 aromatic heterocycles. The molecule has 3 nitrogen and oxygen atoms in total. The van der Waals surface area contributed by atoms with Gasteiger partial charge in [0.15, 0.2) is 0 Å². The highest BCUT2D eigenvalue weighted by Gasteiger charge is 1.98. The summed E-state index contributed by atoms with van der Waals surface area (Å²) in [6.45, 7) is 1.84. The second-order valence-electron chi connectivity index (χ2n) is 1.97. The van der Waals surface area contributed by atoms with E-state index in [9.17, 15) is 4.79 Å². The molecular weight excluding hydrogens is 166 g/mol. The Morgan fingerprint density at radius 2 is 2.36 bits per heavy atom. The second kappa shape index (κ2) is 3.34. The molecule has 0 aliphatic carbocycles. The Morgan fingerprint density at radius 3 is 2.82 bits per heavy atom. The number of hydrogen-bond donors (Lipinski definition) is 0. The summed E-state index contributed by atoms with van der Waals surface area (Å²) < 4.78 is 4.53. The van der Waals surface area contributed by atoms with Crippen LogP contribution in [0, 0.1) is 6.92 Å². The van der Waals surface area contributed by atoms with Crippen molar-refractivity contribution in [3.8, 4) is 5.75 Å². The van der Waals surface area contributed by atoms with E-state index in [-0.39, 0.29) is 0 Å². The molecule has 0 spiro atoms. The van der Waals surface area contributed by atoms with Crippen molar-refractivity contribution in [3.05, 3.63) is 24.0 Å². The van der Waals surface area contributed by atoms with Crippen LogP contribution in [0.4, 0.5) is 4.79 Å². The first-order valence-corrected chi connectivity index (χ1v) is 3.36. The van der Waals surface area contributed by atoms with Crippen molar-refractivity contribution < 1.29 is 9.53 Å². The molecule has 1 aromatic rings. The van der Waals surface area contributed by atoms with Gasteiger partial charge in [-0.05, 0) is 19.1 Å². The molecule has 4 heteroatoms. The van der Waals surface area contributed by atoms with Crippen molar-refractivity contribution in [1.82, 2.24) is 4.98 Å². The van der Waals surface area contributed by atoms with Gasteiger partial charge in [-0.15, -0.1) is 0 Å². The van der Waals surface area contributed by atoms with Crippen LogP contribution in [0.2, 0.25) is 0 Å². The highest BCUT2D eigenvalue weighted by Crippen LogP contribution is 2.09. The van der Waals surface area contributed by atoms with Crippen molar-refractivity contribution >= 4 is 17.0 Å². The zero-order chi connectivity index (χ0) is 8.27. The summed E-state index contributed by atoms with van der Waals surface area (Å²) in [5, 5.41) is 0. The molecule has 0 unspecified atom stereocenters. The summed E-state index contributed by atoms with van der Waals surface area (Å²) in [4.78, 5) is 14.1. The Kier molecular flexibility index (Phi) is 2.44. The number of carbonyl (C=O) groups excluding carboxylic acids is 1. The minimum Gasteiger partial charge on any atom is -0.413 e. The van der Waals surface area contributed by atoms with E-state index >= 15 is 0 Å². The Hall–Kier alpha value is -1.09. The maximum Gasteiger partial charge on any atom is 0.409 e. The summed E-state index contributed by atoms with van der Waals surface area (Å²) in [7, 11) is 0. The summed E-state index contributed by atoms with van der Waals surface area (Å²) in [6.07, 6.45) is 1.44. The van der Waals surface area contributed by atoms with Crippen LogP contribution in [0.3, 0.4) is 0 Å². The van der Waals surface area contributed by atoms with Gasteiger partial charge in [-0.1, -0.05) is 0 Å². The number of hydrogen-bond acceptors (Lipinski definition) is 3. The van der Waals surface area contributed by atoms with Crippen LogP contribution in [0.25, 0.3) is 0 Å². The predicted molar refractivity (Wildman–Crippen MR) is 40.9 cm³/mol. The fraction of sp³-hybridized carbons (Fsp3) is 0.143. The largest absolute Gasteiger partial charge is 0.413 e. The lowest BCUT2D eigenvalue weighted by atomic mass is 10.4. The lowest BCUT2D eigenvalue weighted by molar-refractivity contribution is 0.225. The molecule has 0 N–H and O–H groups in total. The number of pyridine rings is 1. The quantitative estimate of drug-likeness (QED) is 0.608. The molecular formula is C7H6ClNO2. The van der Waals surface area contributed by atoms with Crippen LogP contribution in [0.1, 0.15) is 5.69 Å². The van der Waals surface area contributed by atoms with Crippen molar-refractivity contribution in [3.63, 3.8) is 0 Å². The lowest BCUT2D eigenvalue weighted by Gasteiger charge is -1.97. The van der Waals surface area contributed by atoms with E-state index in [0.717, 1.165) is 5.69 Å². The molecule has 0 fully saturated rings. The van der Waals surface area contributed by atoms with Crippen molar-refractivity contribution in [2.24, 2.45) is 0 Å². The molecule has 11 heavy (non-hydrogen) atoms. The minimum atomic E-state index is -0.851. The topological polar surface area (TPSA) is 39.2 Å². The average Bonchev–Trinajstić information content (AvgIpc) is 1.93. The smallest absolute Gasteiger partial charge is 0.409 e. The molecule has 1 rings (SSSR count). The van der Waals surface area contributed by atoms with Crippen LogP contribution in [-0.4, -0.2) is 10.4 Å². The standard InChI is InChI=1S/C7H6ClNO2/c1-5-2-3-6(4-9-5)11-7(8)10/h2-4H,1H3. The number of ether oxygens (including phenoxy) is 1. The third kappa shape index (κ3) is 2.55. The van der Waals surface area contributed by atoms with Crippen LogP contribution in [0.15, 0.2) is 18.3 Å². The van der Waals surface area contributed by atoms with Gasteiger partial charge in [-0.25, -0.2) is 4.79 Å². The van der Waals surface area contributed by atoms with E-state index in [1.54, 1.807) is 12.1 Å². The van der Waals surface area contributed by atoms with Gasteiger partial charge in [0.05, 0.1) is 6.20 Å². The first kappa shape index (κ1) is 8.01. The molecule has 0 atom stereocenters. The van der Waals surface area contributed by atoms with Gasteiger partial charge >= 0.3 is 5.43 Å². The van der Waals surface area contributed by atoms with Crippen molar-refractivity contribution in [2.45, 2.75) is 6.92 Å². The van der Waals surface area contributed by atoms with E-state index in [1.165, 1.54) is 6.20 Å². The van der Waals surface area contributed by atoms with E-state index in [4.69, 9.17) is 11.6 Å². The van der Waals surface area contributed by atoms with E-state index in [0.29, 0.717) is 5.75 Å². The Balaban J connectivity index is 2.74. The van der Waals surface area contributed by atoms with Gasteiger partial charge in [0.1, 0.15) is 5.75 Å². The SMILES string of the molecule is Cc1ccc(OC(=O)Cl)cn1. The van der Waals surface area contributed by atoms with Crippen molar-refractivity contribution in [2.75, 3.05) is 0 Å². The molecule has 0 amide bonds. The molecule has 0 saturated heterocycles. The number of halogens is 1. The monoisotopic (exact) mass is 171 g/mol. The summed E-state index contributed by atoms with van der Waals surface area (Å²) in [5.74, 6) is 0.357. The highest BCUT2D eigenvalue weighted by molar-refractivity contribution is 6.61. The Bertz CT molecular complexity index is 258. The first-order valence-electron chi connectivity index (χ1n) is 2.98. The molecule has 1 heterocycles. The van der Waals surface area contributed by atoms with Gasteiger partial charge in [0.2, 0.25) is 0 Å². The normalized spacial score (nSPS) is 9.27. The van der Waals surface area contributed by atoms with Gasteiger partial charge in [0.25, 0.3) is 0 Å².